The van der Waals surface area contributed by atoms with E-state index in [-0.39, 0.29) is 5.82 Å². The number of hydrogen-bond acceptors (Lipinski definition) is 1. The number of hydrogen-bond donors (Lipinski definition) is 1. The van der Waals surface area contributed by atoms with Gasteiger partial charge >= 0.3 is 0 Å². The molecule has 1 atom stereocenters. The molecule has 0 aliphatic heterocycles. The second-order valence-corrected chi connectivity index (χ2v) is 5.98. The third-order valence-corrected chi connectivity index (χ3v) is 4.42. The van der Waals surface area contributed by atoms with Crippen LogP contribution < -0.4 is 5.32 Å². The van der Waals surface area contributed by atoms with Crippen LogP contribution in [0.4, 0.5) is 4.39 Å². The van der Waals surface area contributed by atoms with Crippen molar-refractivity contribution < 1.29 is 4.39 Å². The molecule has 2 aromatic rings. The second kappa shape index (κ2) is 6.02. The largest absolute Gasteiger partial charge is 0.349 e. The zero-order valence-electron chi connectivity index (χ0n) is 12.8. The first-order valence-electron chi connectivity index (χ1n) is 7.84. The third kappa shape index (κ3) is 3.03. The molecule has 3 rings (SSSR count). The molecule has 0 spiro atoms. The van der Waals surface area contributed by atoms with Crippen molar-refractivity contribution in [1.82, 2.24) is 9.88 Å². The number of benzene rings is 1. The number of rotatable bonds is 4. The van der Waals surface area contributed by atoms with Crippen LogP contribution >= 0.6 is 0 Å². The Morgan fingerprint density at radius 1 is 1.33 bits per heavy atom. The monoisotopic (exact) mass is 286 g/mol. The van der Waals surface area contributed by atoms with Gasteiger partial charge in [-0.2, -0.15) is 0 Å². The molecule has 1 aliphatic rings. The summed E-state index contributed by atoms with van der Waals surface area (Å²) in [5, 5.41) is 3.57. The first-order chi connectivity index (χ1) is 10.2. The summed E-state index contributed by atoms with van der Waals surface area (Å²) >= 11 is 0. The molecule has 0 bridgehead atoms. The van der Waals surface area contributed by atoms with Crippen LogP contribution in [0.1, 0.15) is 48.1 Å². The summed E-state index contributed by atoms with van der Waals surface area (Å²) in [6.45, 7) is 5.96. The summed E-state index contributed by atoms with van der Waals surface area (Å²) in [5.41, 5.74) is 5.11. The maximum Gasteiger partial charge on any atom is 0.123 e. The van der Waals surface area contributed by atoms with Crippen molar-refractivity contribution in [3.63, 3.8) is 0 Å². The van der Waals surface area contributed by atoms with Gasteiger partial charge in [-0.15, -0.1) is 0 Å². The van der Waals surface area contributed by atoms with Gasteiger partial charge < -0.3 is 9.88 Å². The Hall–Kier alpha value is -1.61. The SMILES string of the molecule is CCNC1CCCc2cn(Cc3ccc(F)cc3C)cc21. The van der Waals surface area contributed by atoms with Gasteiger partial charge in [0, 0.05) is 25.0 Å². The molecular formula is C18H23FN2. The molecule has 0 amide bonds. The van der Waals surface area contributed by atoms with E-state index in [4.69, 9.17) is 0 Å². The van der Waals surface area contributed by atoms with Gasteiger partial charge in [-0.3, -0.25) is 0 Å². The molecule has 0 saturated heterocycles. The first kappa shape index (κ1) is 14.3. The van der Waals surface area contributed by atoms with Crippen molar-refractivity contribution in [1.29, 1.82) is 0 Å². The molecule has 0 radical (unpaired) electrons. The third-order valence-electron chi connectivity index (χ3n) is 4.42. The molecule has 1 unspecified atom stereocenters. The average Bonchev–Trinajstić information content (AvgIpc) is 2.86. The minimum atomic E-state index is -0.157. The highest BCUT2D eigenvalue weighted by molar-refractivity contribution is 5.32. The Morgan fingerprint density at radius 2 is 2.19 bits per heavy atom. The van der Waals surface area contributed by atoms with Crippen LogP contribution in [0.5, 0.6) is 0 Å². The van der Waals surface area contributed by atoms with E-state index in [2.05, 4.69) is 29.2 Å². The molecule has 1 aromatic carbocycles. The predicted octanol–water partition coefficient (Wildman–Crippen LogP) is 3.97. The smallest absolute Gasteiger partial charge is 0.123 e. The molecular weight excluding hydrogens is 263 g/mol. The topological polar surface area (TPSA) is 17.0 Å². The minimum Gasteiger partial charge on any atom is -0.349 e. The van der Waals surface area contributed by atoms with E-state index >= 15 is 0 Å². The molecule has 1 N–H and O–H groups in total. The van der Waals surface area contributed by atoms with Gasteiger partial charge in [-0.25, -0.2) is 4.39 Å². The standard InChI is InChI=1S/C18H23FN2/c1-3-20-18-6-4-5-15-11-21(12-17(15)18)10-14-7-8-16(19)9-13(14)2/h7-9,11-12,18,20H,3-6,10H2,1-2H3. The number of halogens is 1. The Labute approximate surface area is 126 Å². The van der Waals surface area contributed by atoms with Crippen LogP contribution in [-0.4, -0.2) is 11.1 Å². The quantitative estimate of drug-likeness (QED) is 0.900. The van der Waals surface area contributed by atoms with E-state index in [0.29, 0.717) is 6.04 Å². The molecule has 1 aliphatic carbocycles. The van der Waals surface area contributed by atoms with E-state index < -0.39 is 0 Å². The summed E-state index contributed by atoms with van der Waals surface area (Å²) in [6.07, 6.45) is 8.18. The Bertz CT molecular complexity index is 630. The normalized spacial score (nSPS) is 17.8. The summed E-state index contributed by atoms with van der Waals surface area (Å²) in [5.74, 6) is -0.157. The molecule has 1 aromatic heterocycles. The van der Waals surface area contributed by atoms with Gasteiger partial charge in [-0.05, 0) is 67.1 Å². The van der Waals surface area contributed by atoms with Crippen molar-refractivity contribution in [2.24, 2.45) is 0 Å². The van der Waals surface area contributed by atoms with E-state index in [0.717, 1.165) is 18.7 Å². The fraction of sp³-hybridized carbons (Fsp3) is 0.444. The van der Waals surface area contributed by atoms with E-state index in [1.807, 2.05) is 13.0 Å². The van der Waals surface area contributed by atoms with Crippen molar-refractivity contribution in [2.45, 2.75) is 45.7 Å². The molecule has 0 saturated carbocycles. The van der Waals surface area contributed by atoms with Crippen molar-refractivity contribution in [3.8, 4) is 0 Å². The maximum absolute atomic E-state index is 13.2. The number of nitrogens with one attached hydrogen (secondary N) is 1. The molecule has 3 heteroatoms. The zero-order chi connectivity index (χ0) is 14.8. The average molecular weight is 286 g/mol. The Morgan fingerprint density at radius 3 is 2.95 bits per heavy atom. The molecule has 112 valence electrons. The summed E-state index contributed by atoms with van der Waals surface area (Å²) in [7, 11) is 0. The number of aryl methyl sites for hydroxylation is 2. The van der Waals surface area contributed by atoms with E-state index in [1.165, 1.54) is 36.0 Å². The van der Waals surface area contributed by atoms with Crippen LogP contribution in [0.25, 0.3) is 0 Å². The highest BCUT2D eigenvalue weighted by atomic mass is 19.1. The van der Waals surface area contributed by atoms with Gasteiger partial charge in [0.05, 0.1) is 0 Å². The predicted molar refractivity (Wildman–Crippen MR) is 84.0 cm³/mol. The molecule has 21 heavy (non-hydrogen) atoms. The van der Waals surface area contributed by atoms with Crippen LogP contribution in [0.15, 0.2) is 30.6 Å². The number of aromatic nitrogens is 1. The van der Waals surface area contributed by atoms with Gasteiger partial charge in [0.15, 0.2) is 0 Å². The van der Waals surface area contributed by atoms with Crippen LogP contribution in [0, 0.1) is 12.7 Å². The minimum absolute atomic E-state index is 0.157. The van der Waals surface area contributed by atoms with Crippen LogP contribution in [0.3, 0.4) is 0 Å². The highest BCUT2D eigenvalue weighted by Gasteiger charge is 2.21. The Balaban J connectivity index is 1.84. The van der Waals surface area contributed by atoms with Crippen LogP contribution in [0.2, 0.25) is 0 Å². The number of fused-ring (bicyclic) bond motifs is 1. The summed E-state index contributed by atoms with van der Waals surface area (Å²) in [6, 6.07) is 5.55. The molecule has 2 nitrogen and oxygen atoms in total. The molecule has 1 heterocycles. The lowest BCUT2D eigenvalue weighted by atomic mass is 9.91. The van der Waals surface area contributed by atoms with E-state index in [1.54, 1.807) is 12.1 Å². The zero-order valence-corrected chi connectivity index (χ0v) is 12.8. The summed E-state index contributed by atoms with van der Waals surface area (Å²) in [4.78, 5) is 0. The van der Waals surface area contributed by atoms with Crippen molar-refractivity contribution >= 4 is 0 Å². The van der Waals surface area contributed by atoms with E-state index in [9.17, 15) is 4.39 Å². The van der Waals surface area contributed by atoms with Gasteiger partial charge in [0.25, 0.3) is 0 Å². The van der Waals surface area contributed by atoms with Gasteiger partial charge in [0.1, 0.15) is 5.82 Å². The fourth-order valence-electron chi connectivity index (χ4n) is 3.33. The van der Waals surface area contributed by atoms with Crippen LogP contribution in [-0.2, 0) is 13.0 Å². The van der Waals surface area contributed by atoms with Gasteiger partial charge in [0.2, 0.25) is 0 Å². The highest BCUT2D eigenvalue weighted by Crippen LogP contribution is 2.30. The lowest BCUT2D eigenvalue weighted by Gasteiger charge is -2.22. The lowest BCUT2D eigenvalue weighted by molar-refractivity contribution is 0.473. The molecule has 0 fully saturated rings. The van der Waals surface area contributed by atoms with Crippen molar-refractivity contribution in [2.75, 3.05) is 6.54 Å². The van der Waals surface area contributed by atoms with Crippen molar-refractivity contribution in [3.05, 3.63) is 58.7 Å². The summed E-state index contributed by atoms with van der Waals surface area (Å²) < 4.78 is 15.4. The Kier molecular flexibility index (Phi) is 4.11. The lowest BCUT2D eigenvalue weighted by Crippen LogP contribution is -2.23. The maximum atomic E-state index is 13.2. The first-order valence-corrected chi connectivity index (χ1v) is 7.84. The van der Waals surface area contributed by atoms with Gasteiger partial charge in [-0.1, -0.05) is 13.0 Å². The fourth-order valence-corrected chi connectivity index (χ4v) is 3.33. The number of nitrogens with zero attached hydrogens (tertiary/aromatic N) is 1. The second-order valence-electron chi connectivity index (χ2n) is 5.98.